The molecule has 0 amide bonds. The zero-order valence-electron chi connectivity index (χ0n) is 15.2. The minimum atomic E-state index is 0.590. The molecule has 0 saturated carbocycles. The van der Waals surface area contributed by atoms with E-state index >= 15 is 0 Å². The van der Waals surface area contributed by atoms with Gasteiger partial charge in [0.25, 0.3) is 0 Å². The summed E-state index contributed by atoms with van der Waals surface area (Å²) in [7, 11) is 6.96. The van der Waals surface area contributed by atoms with Crippen LogP contribution in [0.15, 0.2) is 23.2 Å². The van der Waals surface area contributed by atoms with Gasteiger partial charge in [0.15, 0.2) is 5.96 Å². The highest BCUT2D eigenvalue weighted by atomic mass is 16.5. The van der Waals surface area contributed by atoms with Gasteiger partial charge in [0.2, 0.25) is 0 Å². The Kier molecular flexibility index (Phi) is 7.18. The fraction of sp³-hybridized carbons (Fsp3) is 0.611. The van der Waals surface area contributed by atoms with Gasteiger partial charge < -0.3 is 24.4 Å². The van der Waals surface area contributed by atoms with Crippen molar-refractivity contribution in [2.24, 2.45) is 10.9 Å². The van der Waals surface area contributed by atoms with Crippen LogP contribution in [-0.4, -0.2) is 65.5 Å². The molecule has 1 fully saturated rings. The van der Waals surface area contributed by atoms with Crippen molar-refractivity contribution in [1.29, 1.82) is 0 Å². The van der Waals surface area contributed by atoms with Crippen LogP contribution >= 0.6 is 0 Å². The van der Waals surface area contributed by atoms with Gasteiger partial charge in [-0.3, -0.25) is 4.99 Å². The molecule has 0 radical (unpaired) electrons. The third kappa shape index (κ3) is 4.77. The van der Waals surface area contributed by atoms with E-state index in [0.29, 0.717) is 5.92 Å². The third-order valence-corrected chi connectivity index (χ3v) is 4.36. The van der Waals surface area contributed by atoms with Crippen molar-refractivity contribution in [3.05, 3.63) is 23.8 Å². The lowest BCUT2D eigenvalue weighted by atomic mass is 10.1. The molecule has 1 aliphatic heterocycles. The number of ether oxygens (including phenoxy) is 3. The lowest BCUT2D eigenvalue weighted by Gasteiger charge is -2.22. The predicted octanol–water partition coefficient (Wildman–Crippen LogP) is 1.79. The number of hydrogen-bond donors (Lipinski definition) is 1. The second kappa shape index (κ2) is 9.37. The molecule has 134 valence electrons. The maximum Gasteiger partial charge on any atom is 0.193 e. The summed E-state index contributed by atoms with van der Waals surface area (Å²) in [5.74, 6) is 3.27. The topological polar surface area (TPSA) is 55.3 Å². The first kappa shape index (κ1) is 18.4. The molecule has 2 rings (SSSR count). The second-order valence-electron chi connectivity index (χ2n) is 5.96. The second-order valence-corrected chi connectivity index (χ2v) is 5.96. The van der Waals surface area contributed by atoms with E-state index in [4.69, 9.17) is 14.2 Å². The Morgan fingerprint density at radius 1 is 1.29 bits per heavy atom. The predicted molar refractivity (Wildman–Crippen MR) is 96.2 cm³/mol. The third-order valence-electron chi connectivity index (χ3n) is 4.36. The summed E-state index contributed by atoms with van der Waals surface area (Å²) in [5, 5.41) is 3.45. The monoisotopic (exact) mass is 335 g/mol. The van der Waals surface area contributed by atoms with Crippen LogP contribution in [0.3, 0.4) is 0 Å². The van der Waals surface area contributed by atoms with E-state index in [9.17, 15) is 0 Å². The van der Waals surface area contributed by atoms with Gasteiger partial charge in [0.1, 0.15) is 11.5 Å². The van der Waals surface area contributed by atoms with Crippen LogP contribution in [0, 0.1) is 5.92 Å². The van der Waals surface area contributed by atoms with E-state index in [2.05, 4.69) is 15.2 Å². The summed E-state index contributed by atoms with van der Waals surface area (Å²) in [6.45, 7) is 3.63. The first-order chi connectivity index (χ1) is 11.7. The molecule has 1 unspecified atom stereocenters. The van der Waals surface area contributed by atoms with Crippen LogP contribution in [0.4, 0.5) is 0 Å². The number of nitrogens with zero attached hydrogens (tertiary/aromatic N) is 2. The first-order valence-corrected chi connectivity index (χ1v) is 8.37. The zero-order valence-corrected chi connectivity index (χ0v) is 15.2. The molecule has 24 heavy (non-hydrogen) atoms. The Morgan fingerprint density at radius 2 is 2.12 bits per heavy atom. The number of nitrogens with one attached hydrogen (secondary N) is 1. The quantitative estimate of drug-likeness (QED) is 0.608. The summed E-state index contributed by atoms with van der Waals surface area (Å²) in [6, 6.07) is 5.88. The highest BCUT2D eigenvalue weighted by Gasteiger charge is 2.24. The smallest absolute Gasteiger partial charge is 0.193 e. The number of likely N-dealkylation sites (tertiary alicyclic amines) is 1. The average Bonchev–Trinajstić information content (AvgIpc) is 3.07. The normalized spacial score (nSPS) is 17.9. The highest BCUT2D eigenvalue weighted by Crippen LogP contribution is 2.24. The van der Waals surface area contributed by atoms with Crippen LogP contribution in [0.5, 0.6) is 11.5 Å². The fourth-order valence-electron chi connectivity index (χ4n) is 3.12. The van der Waals surface area contributed by atoms with Crippen molar-refractivity contribution < 1.29 is 14.2 Å². The minimum Gasteiger partial charge on any atom is -0.497 e. The van der Waals surface area contributed by atoms with Crippen molar-refractivity contribution >= 4 is 5.96 Å². The van der Waals surface area contributed by atoms with Crippen molar-refractivity contribution in [1.82, 2.24) is 10.2 Å². The Hall–Kier alpha value is -1.95. The summed E-state index contributed by atoms with van der Waals surface area (Å²) in [4.78, 5) is 6.70. The number of benzene rings is 1. The summed E-state index contributed by atoms with van der Waals surface area (Å²) in [5.41, 5.74) is 1.12. The molecule has 0 bridgehead atoms. The molecule has 1 heterocycles. The Bertz CT molecular complexity index is 548. The van der Waals surface area contributed by atoms with Gasteiger partial charge >= 0.3 is 0 Å². The highest BCUT2D eigenvalue weighted by molar-refractivity contribution is 5.80. The number of guanidine groups is 1. The molecule has 1 aromatic carbocycles. The maximum atomic E-state index is 5.43. The van der Waals surface area contributed by atoms with E-state index < -0.39 is 0 Å². The van der Waals surface area contributed by atoms with Gasteiger partial charge in [-0.25, -0.2) is 0 Å². The van der Waals surface area contributed by atoms with Gasteiger partial charge in [-0.1, -0.05) is 0 Å². The maximum absolute atomic E-state index is 5.43. The summed E-state index contributed by atoms with van der Waals surface area (Å²) < 4.78 is 16.0. The molecule has 1 atom stereocenters. The van der Waals surface area contributed by atoms with Crippen LogP contribution in [-0.2, 0) is 11.2 Å². The standard InChI is InChI=1S/C18H29N3O3/c1-19-18(21-10-8-14(12-21)13-22-2)20-9-7-15-11-16(23-3)5-6-17(15)24-4/h5-6,11,14H,7-10,12-13H2,1-4H3,(H,19,20). The number of rotatable bonds is 7. The Balaban J connectivity index is 1.88. The number of aliphatic imine (C=N–C) groups is 1. The lowest BCUT2D eigenvalue weighted by Crippen LogP contribution is -2.41. The molecule has 0 aromatic heterocycles. The van der Waals surface area contributed by atoms with Gasteiger partial charge in [0.05, 0.1) is 20.8 Å². The van der Waals surface area contributed by atoms with Gasteiger partial charge in [-0.15, -0.1) is 0 Å². The molecule has 1 aromatic rings. The zero-order chi connectivity index (χ0) is 17.4. The van der Waals surface area contributed by atoms with Crippen molar-refractivity contribution in [2.45, 2.75) is 12.8 Å². The van der Waals surface area contributed by atoms with Crippen LogP contribution in [0.25, 0.3) is 0 Å². The lowest BCUT2D eigenvalue weighted by molar-refractivity contribution is 0.157. The average molecular weight is 335 g/mol. The molecular weight excluding hydrogens is 306 g/mol. The molecule has 0 aliphatic carbocycles. The fourth-order valence-corrected chi connectivity index (χ4v) is 3.12. The van der Waals surface area contributed by atoms with E-state index in [1.807, 2.05) is 25.2 Å². The van der Waals surface area contributed by atoms with Crippen molar-refractivity contribution in [2.75, 3.05) is 54.6 Å². The first-order valence-electron chi connectivity index (χ1n) is 8.37. The van der Waals surface area contributed by atoms with E-state index in [0.717, 1.165) is 62.1 Å². The number of methoxy groups -OCH3 is 3. The Morgan fingerprint density at radius 3 is 2.79 bits per heavy atom. The van der Waals surface area contributed by atoms with E-state index in [1.165, 1.54) is 0 Å². The van der Waals surface area contributed by atoms with Crippen molar-refractivity contribution in [3.8, 4) is 11.5 Å². The molecular formula is C18H29N3O3. The largest absolute Gasteiger partial charge is 0.497 e. The summed E-state index contributed by atoms with van der Waals surface area (Å²) >= 11 is 0. The van der Waals surface area contributed by atoms with Gasteiger partial charge in [-0.05, 0) is 36.6 Å². The van der Waals surface area contributed by atoms with Gasteiger partial charge in [-0.2, -0.15) is 0 Å². The van der Waals surface area contributed by atoms with Crippen LogP contribution in [0.1, 0.15) is 12.0 Å². The SMILES string of the molecule is CN=C(NCCc1cc(OC)ccc1OC)N1CCC(COC)C1. The van der Waals surface area contributed by atoms with Crippen LogP contribution in [0.2, 0.25) is 0 Å². The van der Waals surface area contributed by atoms with E-state index in [-0.39, 0.29) is 0 Å². The molecule has 1 N–H and O–H groups in total. The minimum absolute atomic E-state index is 0.590. The van der Waals surface area contributed by atoms with E-state index in [1.54, 1.807) is 21.3 Å². The van der Waals surface area contributed by atoms with Crippen molar-refractivity contribution in [3.63, 3.8) is 0 Å². The van der Waals surface area contributed by atoms with Gasteiger partial charge in [0, 0.05) is 39.7 Å². The molecule has 0 spiro atoms. The summed E-state index contributed by atoms with van der Waals surface area (Å²) in [6.07, 6.45) is 1.99. The molecule has 1 saturated heterocycles. The number of hydrogen-bond acceptors (Lipinski definition) is 4. The van der Waals surface area contributed by atoms with Crippen LogP contribution < -0.4 is 14.8 Å². The molecule has 6 nitrogen and oxygen atoms in total. The molecule has 6 heteroatoms. The molecule has 1 aliphatic rings. The Labute approximate surface area is 144 Å².